The van der Waals surface area contributed by atoms with E-state index in [1.54, 1.807) is 10.3 Å². The van der Waals surface area contributed by atoms with Gasteiger partial charge in [0.05, 0.1) is 23.9 Å². The first kappa shape index (κ1) is 11.8. The highest BCUT2D eigenvalue weighted by Gasteiger charge is 2.24. The molecule has 0 saturated carbocycles. The maximum atomic E-state index is 12.2. The van der Waals surface area contributed by atoms with Crippen molar-refractivity contribution in [2.24, 2.45) is 0 Å². The van der Waals surface area contributed by atoms with E-state index in [0.717, 1.165) is 0 Å². The van der Waals surface area contributed by atoms with Crippen molar-refractivity contribution >= 4 is 17.4 Å². The van der Waals surface area contributed by atoms with Crippen molar-refractivity contribution in [1.29, 1.82) is 0 Å². The molecule has 0 unspecified atom stereocenters. The molecular formula is C11H10N4O3S. The highest BCUT2D eigenvalue weighted by Crippen LogP contribution is 2.15. The van der Waals surface area contributed by atoms with Gasteiger partial charge in [0, 0.05) is 24.0 Å². The summed E-state index contributed by atoms with van der Waals surface area (Å²) in [6.45, 7) is 0.678. The topological polar surface area (TPSA) is 98.9 Å². The van der Waals surface area contributed by atoms with Gasteiger partial charge in [-0.2, -0.15) is 0 Å². The first-order chi connectivity index (χ1) is 9.15. The molecule has 3 heterocycles. The Hall–Kier alpha value is -2.22. The minimum absolute atomic E-state index is 0.148. The minimum atomic E-state index is -0.509. The van der Waals surface area contributed by atoms with Crippen LogP contribution in [0.3, 0.4) is 0 Å². The maximum Gasteiger partial charge on any atom is 0.325 e. The fourth-order valence-electron chi connectivity index (χ4n) is 2.12. The van der Waals surface area contributed by atoms with Crippen molar-refractivity contribution in [2.75, 3.05) is 6.54 Å². The van der Waals surface area contributed by atoms with Crippen LogP contribution < -0.4 is 11.2 Å². The molecule has 2 aromatic rings. The minimum Gasteiger partial charge on any atom is -0.334 e. The number of H-pyrrole nitrogens is 2. The van der Waals surface area contributed by atoms with Gasteiger partial charge in [-0.1, -0.05) is 0 Å². The number of amides is 1. The third-order valence-corrected chi connectivity index (χ3v) is 3.66. The van der Waals surface area contributed by atoms with Gasteiger partial charge < -0.3 is 9.88 Å². The van der Waals surface area contributed by atoms with Crippen LogP contribution in [0.1, 0.15) is 21.6 Å². The number of nitrogens with zero attached hydrogens (tertiary/aromatic N) is 2. The molecule has 0 spiro atoms. The lowest BCUT2D eigenvalue weighted by atomic mass is 10.1. The van der Waals surface area contributed by atoms with E-state index in [4.69, 9.17) is 0 Å². The van der Waals surface area contributed by atoms with Crippen molar-refractivity contribution < 1.29 is 4.79 Å². The van der Waals surface area contributed by atoms with Gasteiger partial charge in [-0.05, 0) is 11.5 Å². The summed E-state index contributed by atoms with van der Waals surface area (Å²) in [5.41, 5.74) is 0.642. The molecule has 98 valence electrons. The highest BCUT2D eigenvalue weighted by molar-refractivity contribution is 7.03. The summed E-state index contributed by atoms with van der Waals surface area (Å²) in [6, 6.07) is 0. The monoisotopic (exact) mass is 278 g/mol. The van der Waals surface area contributed by atoms with Crippen LogP contribution in [0.4, 0.5) is 0 Å². The smallest absolute Gasteiger partial charge is 0.325 e. The average molecular weight is 278 g/mol. The van der Waals surface area contributed by atoms with Gasteiger partial charge in [0.15, 0.2) is 0 Å². The first-order valence-electron chi connectivity index (χ1n) is 5.68. The second-order valence-electron chi connectivity index (χ2n) is 4.26. The molecule has 0 atom stereocenters. The average Bonchev–Trinajstić information content (AvgIpc) is 2.91. The van der Waals surface area contributed by atoms with Gasteiger partial charge in [-0.15, -0.1) is 0 Å². The Kier molecular flexibility index (Phi) is 2.79. The lowest BCUT2D eigenvalue weighted by Crippen LogP contribution is -2.41. The quantitative estimate of drug-likeness (QED) is 0.749. The second-order valence-corrected chi connectivity index (χ2v) is 4.91. The molecule has 7 nitrogen and oxygen atoms in total. The van der Waals surface area contributed by atoms with Gasteiger partial charge in [-0.3, -0.25) is 14.6 Å². The molecule has 19 heavy (non-hydrogen) atoms. The summed E-state index contributed by atoms with van der Waals surface area (Å²) in [5.74, 6) is -0.148. The van der Waals surface area contributed by atoms with Crippen LogP contribution in [0, 0.1) is 0 Å². The zero-order chi connectivity index (χ0) is 13.4. The number of aromatic nitrogens is 3. The largest absolute Gasteiger partial charge is 0.334 e. The Bertz CT molecular complexity index is 731. The molecule has 2 aromatic heterocycles. The number of nitrogens with one attached hydrogen (secondary N) is 2. The normalized spacial score (nSPS) is 14.2. The maximum absolute atomic E-state index is 12.2. The zero-order valence-electron chi connectivity index (χ0n) is 9.80. The third kappa shape index (κ3) is 2.10. The molecule has 2 N–H and O–H groups in total. The van der Waals surface area contributed by atoms with Gasteiger partial charge in [0.2, 0.25) is 0 Å². The van der Waals surface area contributed by atoms with Gasteiger partial charge >= 0.3 is 5.69 Å². The zero-order valence-corrected chi connectivity index (χ0v) is 10.6. The Morgan fingerprint density at radius 2 is 2.21 bits per heavy atom. The van der Waals surface area contributed by atoms with E-state index in [-0.39, 0.29) is 12.5 Å². The van der Waals surface area contributed by atoms with E-state index >= 15 is 0 Å². The fourth-order valence-corrected chi connectivity index (χ4v) is 2.63. The van der Waals surface area contributed by atoms with Crippen molar-refractivity contribution in [3.05, 3.63) is 49.2 Å². The number of hydrogen-bond acceptors (Lipinski definition) is 5. The summed E-state index contributed by atoms with van der Waals surface area (Å²) < 4.78 is 3.89. The highest BCUT2D eigenvalue weighted by atomic mass is 32.1. The molecule has 0 bridgehead atoms. The molecular weight excluding hydrogens is 268 g/mol. The number of fused-ring (bicyclic) bond motifs is 1. The van der Waals surface area contributed by atoms with Crippen LogP contribution in [0.25, 0.3) is 0 Å². The SMILES string of the molecule is O=C(c1cnsc1)N1CCc2[nH]c(=O)[nH]c(=O)c2C1. The molecule has 0 fully saturated rings. The lowest BCUT2D eigenvalue weighted by Gasteiger charge is -2.27. The van der Waals surface area contributed by atoms with Crippen LogP contribution in [0.15, 0.2) is 21.2 Å². The summed E-state index contributed by atoms with van der Waals surface area (Å²) in [7, 11) is 0. The first-order valence-corrected chi connectivity index (χ1v) is 6.52. The standard InChI is InChI=1S/C11H10N4O3S/c16-9-7-4-15(10(17)6-3-12-19-5-6)2-1-8(7)13-11(18)14-9/h3,5H,1-2,4H2,(H2,13,14,16,18). The van der Waals surface area contributed by atoms with Crippen molar-refractivity contribution in [2.45, 2.75) is 13.0 Å². The lowest BCUT2D eigenvalue weighted by molar-refractivity contribution is 0.0733. The summed E-state index contributed by atoms with van der Waals surface area (Å²) in [6.07, 6.45) is 1.98. The molecule has 1 amide bonds. The fraction of sp³-hybridized carbons (Fsp3) is 0.273. The van der Waals surface area contributed by atoms with Gasteiger partial charge in [0.25, 0.3) is 11.5 Å². The molecule has 0 aromatic carbocycles. The Balaban J connectivity index is 1.93. The number of hydrogen-bond donors (Lipinski definition) is 2. The Labute approximate surface area is 111 Å². The van der Waals surface area contributed by atoms with Crippen LogP contribution in [-0.2, 0) is 13.0 Å². The number of carbonyl (C=O) groups excluding carboxylic acids is 1. The Morgan fingerprint density at radius 1 is 1.37 bits per heavy atom. The van der Waals surface area contributed by atoms with Crippen molar-refractivity contribution in [3.63, 3.8) is 0 Å². The van der Waals surface area contributed by atoms with Gasteiger partial charge in [0.1, 0.15) is 0 Å². The number of carbonyl (C=O) groups is 1. The van der Waals surface area contributed by atoms with Crippen LogP contribution >= 0.6 is 11.5 Å². The van der Waals surface area contributed by atoms with E-state index in [1.165, 1.54) is 17.7 Å². The summed E-state index contributed by atoms with van der Waals surface area (Å²) in [4.78, 5) is 41.4. The third-order valence-electron chi connectivity index (χ3n) is 3.08. The van der Waals surface area contributed by atoms with E-state index in [1.807, 2.05) is 0 Å². The number of aromatic amines is 2. The summed E-state index contributed by atoms with van der Waals surface area (Å²) >= 11 is 1.21. The molecule has 0 saturated heterocycles. The van der Waals surface area contributed by atoms with Crippen LogP contribution in [0.2, 0.25) is 0 Å². The van der Waals surface area contributed by atoms with Crippen LogP contribution in [0.5, 0.6) is 0 Å². The van der Waals surface area contributed by atoms with E-state index in [0.29, 0.717) is 29.8 Å². The number of rotatable bonds is 1. The predicted octanol–water partition coefficient (Wildman–Crippen LogP) is -0.282. The molecule has 0 radical (unpaired) electrons. The predicted molar refractivity (Wildman–Crippen MR) is 68.2 cm³/mol. The summed E-state index contributed by atoms with van der Waals surface area (Å²) in [5, 5.41) is 1.68. The molecule has 1 aliphatic rings. The van der Waals surface area contributed by atoms with Gasteiger partial charge in [-0.25, -0.2) is 9.17 Å². The second kappa shape index (κ2) is 4.47. The Morgan fingerprint density at radius 3 is 2.95 bits per heavy atom. The van der Waals surface area contributed by atoms with Crippen LogP contribution in [-0.4, -0.2) is 31.7 Å². The molecule has 8 heteroatoms. The van der Waals surface area contributed by atoms with Crippen molar-refractivity contribution in [1.82, 2.24) is 19.2 Å². The molecule has 0 aliphatic carbocycles. The van der Waals surface area contributed by atoms with E-state index in [9.17, 15) is 14.4 Å². The van der Waals surface area contributed by atoms with Crippen molar-refractivity contribution in [3.8, 4) is 0 Å². The molecule has 1 aliphatic heterocycles. The van der Waals surface area contributed by atoms with E-state index < -0.39 is 11.2 Å². The van der Waals surface area contributed by atoms with E-state index in [2.05, 4.69) is 14.3 Å². The molecule has 3 rings (SSSR count).